The fraction of sp³-hybridized carbons (Fsp3) is 0.263. The van der Waals surface area contributed by atoms with Crippen LogP contribution in [-0.4, -0.2) is 11.8 Å². The number of amides is 2. The number of hydrogen-bond donors (Lipinski definition) is 2. The van der Waals surface area contributed by atoms with E-state index in [1.165, 1.54) is 0 Å². The van der Waals surface area contributed by atoms with Crippen LogP contribution in [0.4, 0.5) is 11.4 Å². The quantitative estimate of drug-likeness (QED) is 0.847. The summed E-state index contributed by atoms with van der Waals surface area (Å²) < 4.78 is 0. The van der Waals surface area contributed by atoms with Gasteiger partial charge >= 0.3 is 0 Å². The summed E-state index contributed by atoms with van der Waals surface area (Å²) in [6, 6.07) is 15.1. The number of carbonyl (C=O) groups excluding carboxylic acids is 2. The summed E-state index contributed by atoms with van der Waals surface area (Å²) in [6.45, 7) is 3.97. The van der Waals surface area contributed by atoms with Gasteiger partial charge in [0.05, 0.1) is 0 Å². The van der Waals surface area contributed by atoms with E-state index in [9.17, 15) is 9.59 Å². The third kappa shape index (κ3) is 3.26. The molecule has 0 unspecified atom stereocenters. The number of anilines is 2. The first-order chi connectivity index (χ1) is 11.0. The van der Waals surface area contributed by atoms with Crippen LogP contribution in [0.3, 0.4) is 0 Å². The standard InChI is InChI=1S/C19H20N2O2/c1-13-10-14(2)12-16(11-13)21-18(23)19(8-9-19)17(22)20-15-6-4-3-5-7-15/h3-7,10-12H,8-9H2,1-2H3,(H,20,22)(H,21,23). The van der Waals surface area contributed by atoms with E-state index in [1.807, 2.05) is 62.4 Å². The molecule has 2 aromatic carbocycles. The molecule has 0 atom stereocenters. The number of para-hydroxylation sites is 1. The van der Waals surface area contributed by atoms with E-state index in [0.717, 1.165) is 16.8 Å². The molecule has 23 heavy (non-hydrogen) atoms. The molecule has 0 radical (unpaired) electrons. The Morgan fingerprint density at radius 3 is 1.87 bits per heavy atom. The first-order valence-corrected chi connectivity index (χ1v) is 7.76. The van der Waals surface area contributed by atoms with Crippen LogP contribution < -0.4 is 10.6 Å². The third-order valence-electron chi connectivity index (χ3n) is 4.13. The first-order valence-electron chi connectivity index (χ1n) is 7.76. The van der Waals surface area contributed by atoms with Crippen molar-refractivity contribution < 1.29 is 9.59 Å². The molecule has 2 amide bonds. The van der Waals surface area contributed by atoms with Crippen molar-refractivity contribution in [3.8, 4) is 0 Å². The zero-order valence-electron chi connectivity index (χ0n) is 13.3. The molecule has 2 N–H and O–H groups in total. The van der Waals surface area contributed by atoms with Crippen molar-refractivity contribution in [1.82, 2.24) is 0 Å². The average Bonchev–Trinajstić information content (AvgIpc) is 3.29. The van der Waals surface area contributed by atoms with Gasteiger partial charge in [-0.05, 0) is 62.1 Å². The van der Waals surface area contributed by atoms with E-state index < -0.39 is 5.41 Å². The molecule has 1 saturated carbocycles. The molecule has 1 fully saturated rings. The third-order valence-corrected chi connectivity index (χ3v) is 4.13. The zero-order valence-corrected chi connectivity index (χ0v) is 13.3. The highest BCUT2D eigenvalue weighted by atomic mass is 16.2. The lowest BCUT2D eigenvalue weighted by molar-refractivity contribution is -0.131. The summed E-state index contributed by atoms with van der Waals surface area (Å²) in [5.41, 5.74) is 2.68. The molecule has 3 rings (SSSR count). The molecule has 0 saturated heterocycles. The minimum atomic E-state index is -0.937. The highest BCUT2D eigenvalue weighted by Gasteiger charge is 2.56. The predicted molar refractivity (Wildman–Crippen MR) is 91.3 cm³/mol. The molecule has 2 aromatic rings. The SMILES string of the molecule is Cc1cc(C)cc(NC(=O)C2(C(=O)Nc3ccccc3)CC2)c1. The van der Waals surface area contributed by atoms with Gasteiger partial charge in [-0.1, -0.05) is 24.3 Å². The van der Waals surface area contributed by atoms with Gasteiger partial charge in [0.15, 0.2) is 0 Å². The van der Waals surface area contributed by atoms with Gasteiger partial charge in [-0.25, -0.2) is 0 Å². The monoisotopic (exact) mass is 308 g/mol. The van der Waals surface area contributed by atoms with Crippen LogP contribution in [-0.2, 0) is 9.59 Å². The average molecular weight is 308 g/mol. The molecule has 0 aliphatic heterocycles. The van der Waals surface area contributed by atoms with Crippen molar-refractivity contribution in [1.29, 1.82) is 0 Å². The maximum absolute atomic E-state index is 12.6. The van der Waals surface area contributed by atoms with Gasteiger partial charge < -0.3 is 10.6 Å². The highest BCUT2D eigenvalue weighted by Crippen LogP contribution is 2.47. The van der Waals surface area contributed by atoms with E-state index in [0.29, 0.717) is 18.5 Å². The number of hydrogen-bond acceptors (Lipinski definition) is 2. The molecule has 0 bridgehead atoms. The number of benzene rings is 2. The number of carbonyl (C=O) groups is 2. The Morgan fingerprint density at radius 1 is 0.826 bits per heavy atom. The normalized spacial score (nSPS) is 14.9. The lowest BCUT2D eigenvalue weighted by atomic mass is 10.0. The number of rotatable bonds is 4. The molecule has 1 aliphatic carbocycles. The van der Waals surface area contributed by atoms with E-state index >= 15 is 0 Å². The molecule has 4 heteroatoms. The van der Waals surface area contributed by atoms with E-state index in [1.54, 1.807) is 0 Å². The minimum absolute atomic E-state index is 0.226. The van der Waals surface area contributed by atoms with Crippen molar-refractivity contribution in [2.75, 3.05) is 10.6 Å². The van der Waals surface area contributed by atoms with Gasteiger partial charge in [-0.3, -0.25) is 9.59 Å². The maximum Gasteiger partial charge on any atom is 0.240 e. The second-order valence-electron chi connectivity index (χ2n) is 6.23. The van der Waals surface area contributed by atoms with E-state index in [4.69, 9.17) is 0 Å². The summed E-state index contributed by atoms with van der Waals surface area (Å²) in [7, 11) is 0. The fourth-order valence-electron chi connectivity index (χ4n) is 2.75. The Kier molecular flexibility index (Phi) is 3.90. The van der Waals surface area contributed by atoms with E-state index in [-0.39, 0.29) is 11.8 Å². The largest absolute Gasteiger partial charge is 0.325 e. The molecule has 118 valence electrons. The Bertz CT molecular complexity index is 729. The van der Waals surface area contributed by atoms with Crippen LogP contribution >= 0.6 is 0 Å². The van der Waals surface area contributed by atoms with Gasteiger partial charge in [0.25, 0.3) is 0 Å². The van der Waals surface area contributed by atoms with Crippen LogP contribution in [0.25, 0.3) is 0 Å². The molecule has 4 nitrogen and oxygen atoms in total. The molecule has 0 spiro atoms. The molecular weight excluding hydrogens is 288 g/mol. The summed E-state index contributed by atoms with van der Waals surface area (Å²) in [5.74, 6) is -0.457. The highest BCUT2D eigenvalue weighted by molar-refractivity contribution is 6.16. The van der Waals surface area contributed by atoms with Gasteiger partial charge in [-0.15, -0.1) is 0 Å². The molecular formula is C19H20N2O2. The van der Waals surface area contributed by atoms with Crippen molar-refractivity contribution in [2.24, 2.45) is 5.41 Å². The van der Waals surface area contributed by atoms with Gasteiger partial charge in [0, 0.05) is 11.4 Å². The lowest BCUT2D eigenvalue weighted by Crippen LogP contribution is -2.35. The number of aryl methyl sites for hydroxylation is 2. The Morgan fingerprint density at radius 2 is 1.35 bits per heavy atom. The van der Waals surface area contributed by atoms with Crippen molar-refractivity contribution >= 4 is 23.2 Å². The fourth-order valence-corrected chi connectivity index (χ4v) is 2.75. The van der Waals surface area contributed by atoms with Crippen LogP contribution in [0, 0.1) is 19.3 Å². The second-order valence-corrected chi connectivity index (χ2v) is 6.23. The van der Waals surface area contributed by atoms with Crippen LogP contribution in [0.15, 0.2) is 48.5 Å². The van der Waals surface area contributed by atoms with Gasteiger partial charge in [0.1, 0.15) is 5.41 Å². The summed E-state index contributed by atoms with van der Waals surface area (Å²) in [4.78, 5) is 25.1. The van der Waals surface area contributed by atoms with Crippen LogP contribution in [0.1, 0.15) is 24.0 Å². The molecule has 0 aromatic heterocycles. The van der Waals surface area contributed by atoms with Gasteiger partial charge in [0.2, 0.25) is 11.8 Å². The summed E-state index contributed by atoms with van der Waals surface area (Å²) in [6.07, 6.45) is 1.17. The predicted octanol–water partition coefficient (Wildman–Crippen LogP) is 3.66. The maximum atomic E-state index is 12.6. The zero-order chi connectivity index (χ0) is 16.4. The second kappa shape index (κ2) is 5.88. The van der Waals surface area contributed by atoms with Crippen molar-refractivity contribution in [2.45, 2.75) is 26.7 Å². The summed E-state index contributed by atoms with van der Waals surface area (Å²) >= 11 is 0. The van der Waals surface area contributed by atoms with Crippen molar-refractivity contribution in [3.63, 3.8) is 0 Å². The Labute approximate surface area is 135 Å². The topological polar surface area (TPSA) is 58.2 Å². The van der Waals surface area contributed by atoms with Crippen LogP contribution in [0.5, 0.6) is 0 Å². The minimum Gasteiger partial charge on any atom is -0.325 e. The van der Waals surface area contributed by atoms with E-state index in [2.05, 4.69) is 10.6 Å². The van der Waals surface area contributed by atoms with Crippen molar-refractivity contribution in [3.05, 3.63) is 59.7 Å². The smallest absolute Gasteiger partial charge is 0.240 e. The first kappa shape index (κ1) is 15.3. The van der Waals surface area contributed by atoms with Gasteiger partial charge in [-0.2, -0.15) is 0 Å². The van der Waals surface area contributed by atoms with Crippen LogP contribution in [0.2, 0.25) is 0 Å². The molecule has 1 aliphatic rings. The Balaban J connectivity index is 1.72. The summed E-state index contributed by atoms with van der Waals surface area (Å²) in [5, 5.41) is 5.73. The Hall–Kier alpha value is -2.62. The number of nitrogens with one attached hydrogen (secondary N) is 2. The lowest BCUT2D eigenvalue weighted by Gasteiger charge is -2.16. The molecule has 0 heterocycles.